The Morgan fingerprint density at radius 1 is 1.14 bits per heavy atom. The van der Waals surface area contributed by atoms with Crippen LogP contribution in [0, 0.1) is 5.92 Å². The number of fused-ring (bicyclic) bond motifs is 1. The Kier molecular flexibility index (Phi) is 6.44. The summed E-state index contributed by atoms with van der Waals surface area (Å²) in [4.78, 5) is 33.7. The van der Waals surface area contributed by atoms with Crippen LogP contribution >= 0.6 is 0 Å². The van der Waals surface area contributed by atoms with Crippen molar-refractivity contribution >= 4 is 28.7 Å². The van der Waals surface area contributed by atoms with Crippen molar-refractivity contribution in [3.63, 3.8) is 0 Å². The van der Waals surface area contributed by atoms with Gasteiger partial charge in [-0.15, -0.1) is 0 Å². The minimum absolute atomic E-state index is 0.321. The SMILES string of the molecule is COc1cnccc1-c1ccc2nc(Nc3ncccc3CN3CCN(C(=O)CC4CC4)CC3)[nH]c2c1. The van der Waals surface area contributed by atoms with Gasteiger partial charge >= 0.3 is 0 Å². The summed E-state index contributed by atoms with van der Waals surface area (Å²) in [6.07, 6.45) is 8.43. The number of rotatable bonds is 8. The van der Waals surface area contributed by atoms with Crippen LogP contribution < -0.4 is 10.1 Å². The van der Waals surface area contributed by atoms with Crippen LogP contribution in [0.2, 0.25) is 0 Å². The highest BCUT2D eigenvalue weighted by Gasteiger charge is 2.28. The van der Waals surface area contributed by atoms with Gasteiger partial charge in [0.05, 0.1) is 24.3 Å². The van der Waals surface area contributed by atoms with Crippen LogP contribution in [-0.2, 0) is 11.3 Å². The number of pyridine rings is 2. The van der Waals surface area contributed by atoms with Crippen molar-refractivity contribution in [1.29, 1.82) is 0 Å². The van der Waals surface area contributed by atoms with Crippen LogP contribution in [0.1, 0.15) is 24.8 Å². The summed E-state index contributed by atoms with van der Waals surface area (Å²) < 4.78 is 5.47. The van der Waals surface area contributed by atoms with Crippen LogP contribution in [-0.4, -0.2) is 68.9 Å². The fraction of sp³-hybridized carbons (Fsp3) is 0.357. The third-order valence-electron chi connectivity index (χ3n) is 7.20. The minimum Gasteiger partial charge on any atom is -0.494 e. The number of carbonyl (C=O) groups is 1. The summed E-state index contributed by atoms with van der Waals surface area (Å²) in [5, 5.41) is 3.39. The first-order valence-electron chi connectivity index (χ1n) is 12.9. The monoisotopic (exact) mass is 497 g/mol. The maximum absolute atomic E-state index is 12.4. The highest BCUT2D eigenvalue weighted by atomic mass is 16.5. The third-order valence-corrected chi connectivity index (χ3v) is 7.20. The molecule has 0 spiro atoms. The molecule has 1 aliphatic carbocycles. The number of aromatic amines is 1. The number of anilines is 2. The van der Waals surface area contributed by atoms with Crippen molar-refractivity contribution < 1.29 is 9.53 Å². The van der Waals surface area contributed by atoms with Gasteiger partial charge < -0.3 is 19.9 Å². The van der Waals surface area contributed by atoms with Crippen molar-refractivity contribution in [1.82, 2.24) is 29.7 Å². The summed E-state index contributed by atoms with van der Waals surface area (Å²) >= 11 is 0. The Morgan fingerprint density at radius 3 is 2.81 bits per heavy atom. The number of imidazole rings is 1. The first-order valence-corrected chi connectivity index (χ1v) is 12.9. The number of piperazine rings is 1. The van der Waals surface area contributed by atoms with Crippen molar-refractivity contribution in [2.45, 2.75) is 25.8 Å². The molecule has 1 aliphatic heterocycles. The van der Waals surface area contributed by atoms with E-state index in [4.69, 9.17) is 9.72 Å². The molecular formula is C28H31N7O2. The largest absolute Gasteiger partial charge is 0.494 e. The molecule has 1 saturated heterocycles. The Morgan fingerprint density at radius 2 is 2.00 bits per heavy atom. The van der Waals surface area contributed by atoms with Gasteiger partial charge in [-0.25, -0.2) is 9.97 Å². The van der Waals surface area contributed by atoms with Gasteiger partial charge in [0, 0.05) is 62.7 Å². The van der Waals surface area contributed by atoms with Crippen LogP contribution in [0.4, 0.5) is 11.8 Å². The van der Waals surface area contributed by atoms with Gasteiger partial charge in [-0.1, -0.05) is 12.1 Å². The number of hydrogen-bond acceptors (Lipinski definition) is 7. The summed E-state index contributed by atoms with van der Waals surface area (Å²) in [6.45, 7) is 4.10. The number of amides is 1. The average Bonchev–Trinajstić information content (AvgIpc) is 3.66. The van der Waals surface area contributed by atoms with E-state index >= 15 is 0 Å². The zero-order valence-electron chi connectivity index (χ0n) is 21.0. The quantitative estimate of drug-likeness (QED) is 0.376. The lowest BCUT2D eigenvalue weighted by Gasteiger charge is -2.35. The standard InChI is InChI=1S/C28H31N7O2/c1-37-25-17-29-10-8-22(25)20-6-7-23-24(16-20)32-28(31-23)33-27-21(3-2-9-30-27)18-34-11-13-35(14-12-34)26(36)15-19-4-5-19/h2-3,6-10,16-17,19H,4-5,11-15,18H2,1H3,(H2,30,31,32,33). The van der Waals surface area contributed by atoms with Gasteiger partial charge in [0.15, 0.2) is 0 Å². The van der Waals surface area contributed by atoms with Crippen molar-refractivity contribution in [2.75, 3.05) is 38.6 Å². The molecule has 2 N–H and O–H groups in total. The Labute approximate surface area is 215 Å². The van der Waals surface area contributed by atoms with E-state index in [0.29, 0.717) is 17.8 Å². The van der Waals surface area contributed by atoms with Crippen LogP contribution in [0.25, 0.3) is 22.2 Å². The first-order chi connectivity index (χ1) is 18.2. The van der Waals surface area contributed by atoms with Gasteiger partial charge in [0.1, 0.15) is 11.6 Å². The van der Waals surface area contributed by atoms with E-state index in [1.54, 1.807) is 25.7 Å². The van der Waals surface area contributed by atoms with Gasteiger partial charge in [-0.3, -0.25) is 14.7 Å². The number of aromatic nitrogens is 4. The number of nitrogens with zero attached hydrogens (tertiary/aromatic N) is 5. The van der Waals surface area contributed by atoms with E-state index in [0.717, 1.165) is 78.4 Å². The van der Waals surface area contributed by atoms with Gasteiger partial charge in [-0.2, -0.15) is 0 Å². The molecule has 37 heavy (non-hydrogen) atoms. The molecule has 4 heterocycles. The predicted molar refractivity (Wildman–Crippen MR) is 143 cm³/mol. The Hall–Kier alpha value is -3.98. The molecule has 2 fully saturated rings. The van der Waals surface area contributed by atoms with Gasteiger partial charge in [0.2, 0.25) is 11.9 Å². The molecule has 0 unspecified atom stereocenters. The fourth-order valence-corrected chi connectivity index (χ4v) is 4.90. The maximum atomic E-state index is 12.4. The van der Waals surface area contributed by atoms with E-state index in [-0.39, 0.29) is 0 Å². The predicted octanol–water partition coefficient (Wildman–Crippen LogP) is 4.22. The molecule has 1 amide bonds. The lowest BCUT2D eigenvalue weighted by atomic mass is 10.1. The number of methoxy groups -OCH3 is 1. The molecular weight excluding hydrogens is 466 g/mol. The molecule has 9 nitrogen and oxygen atoms in total. The number of hydrogen-bond donors (Lipinski definition) is 2. The lowest BCUT2D eigenvalue weighted by Crippen LogP contribution is -2.48. The minimum atomic E-state index is 0.321. The molecule has 3 aromatic heterocycles. The Bertz CT molecular complexity index is 1410. The molecule has 9 heteroatoms. The van der Waals surface area contributed by atoms with Crippen molar-refractivity contribution in [3.8, 4) is 16.9 Å². The van der Waals surface area contributed by atoms with Crippen LogP contribution in [0.3, 0.4) is 0 Å². The second-order valence-electron chi connectivity index (χ2n) is 9.83. The summed E-state index contributed by atoms with van der Waals surface area (Å²) in [5.74, 6) is 3.11. The molecule has 1 saturated carbocycles. The third kappa shape index (κ3) is 5.27. The summed E-state index contributed by atoms with van der Waals surface area (Å²) in [5.41, 5.74) is 4.88. The highest BCUT2D eigenvalue weighted by molar-refractivity contribution is 5.85. The second-order valence-corrected chi connectivity index (χ2v) is 9.83. The first kappa shape index (κ1) is 23.4. The second kappa shape index (κ2) is 10.2. The van der Waals surface area contributed by atoms with E-state index in [9.17, 15) is 4.79 Å². The topological polar surface area (TPSA) is 99.3 Å². The number of ether oxygens (including phenoxy) is 1. The number of carbonyl (C=O) groups excluding carboxylic acids is 1. The zero-order valence-corrected chi connectivity index (χ0v) is 21.0. The molecule has 1 aromatic carbocycles. The zero-order chi connectivity index (χ0) is 25.2. The number of H-pyrrole nitrogens is 1. The number of benzene rings is 1. The van der Waals surface area contributed by atoms with Crippen molar-refractivity contribution in [3.05, 3.63) is 60.6 Å². The van der Waals surface area contributed by atoms with E-state index < -0.39 is 0 Å². The molecule has 4 aromatic rings. The lowest BCUT2D eigenvalue weighted by molar-refractivity contribution is -0.133. The van der Waals surface area contributed by atoms with E-state index in [1.165, 1.54) is 12.8 Å². The molecule has 190 valence electrons. The average molecular weight is 498 g/mol. The van der Waals surface area contributed by atoms with Gasteiger partial charge in [-0.05, 0) is 48.6 Å². The van der Waals surface area contributed by atoms with Crippen LogP contribution in [0.15, 0.2) is 55.0 Å². The Balaban J connectivity index is 1.14. The van der Waals surface area contributed by atoms with E-state index in [1.807, 2.05) is 29.2 Å². The molecule has 6 rings (SSSR count). The number of nitrogens with one attached hydrogen (secondary N) is 2. The van der Waals surface area contributed by atoms with Crippen LogP contribution in [0.5, 0.6) is 5.75 Å². The highest BCUT2D eigenvalue weighted by Crippen LogP contribution is 2.33. The van der Waals surface area contributed by atoms with Crippen molar-refractivity contribution in [2.24, 2.45) is 5.92 Å². The summed E-state index contributed by atoms with van der Waals surface area (Å²) in [7, 11) is 1.65. The molecule has 0 radical (unpaired) electrons. The van der Waals surface area contributed by atoms with Gasteiger partial charge in [0.25, 0.3) is 0 Å². The summed E-state index contributed by atoms with van der Waals surface area (Å²) in [6, 6.07) is 12.1. The molecule has 0 atom stereocenters. The maximum Gasteiger partial charge on any atom is 0.222 e. The van der Waals surface area contributed by atoms with E-state index in [2.05, 4.69) is 37.3 Å². The normalized spacial score (nSPS) is 16.2. The molecule has 0 bridgehead atoms. The molecule has 2 aliphatic rings. The fourth-order valence-electron chi connectivity index (χ4n) is 4.90. The smallest absolute Gasteiger partial charge is 0.222 e.